The van der Waals surface area contributed by atoms with Crippen LogP contribution < -0.4 is 10.5 Å². The topological polar surface area (TPSA) is 153 Å². The Bertz CT molecular complexity index is 927. The van der Waals surface area contributed by atoms with Crippen LogP contribution in [0.3, 0.4) is 0 Å². The summed E-state index contributed by atoms with van der Waals surface area (Å²) in [5, 5.41) is 7.48. The highest BCUT2D eigenvalue weighted by molar-refractivity contribution is 7.91. The highest BCUT2D eigenvalue weighted by atomic mass is 32.2. The molecule has 1 aromatic rings. The molecule has 1 aliphatic heterocycles. The van der Waals surface area contributed by atoms with Crippen LogP contribution >= 0.6 is 0 Å². The third-order valence-electron chi connectivity index (χ3n) is 4.35. The summed E-state index contributed by atoms with van der Waals surface area (Å²) in [6.45, 7) is 0.271. The first-order valence-corrected chi connectivity index (χ1v) is 11.8. The maximum absolute atomic E-state index is 12.5. The van der Waals surface area contributed by atoms with E-state index in [2.05, 4.69) is 5.32 Å². The van der Waals surface area contributed by atoms with Crippen LogP contribution in [-0.2, 0) is 40.7 Å². The maximum atomic E-state index is 12.5. The summed E-state index contributed by atoms with van der Waals surface area (Å²) in [7, 11) is -5.59. The van der Waals surface area contributed by atoms with E-state index < -0.39 is 37.7 Å². The van der Waals surface area contributed by atoms with Crippen LogP contribution in [0.25, 0.3) is 0 Å². The van der Waals surface area contributed by atoms with Gasteiger partial charge in [0.15, 0.2) is 9.84 Å². The van der Waals surface area contributed by atoms with Gasteiger partial charge in [0.1, 0.15) is 0 Å². The number of nitrogens with one attached hydrogen (secondary N) is 1. The average molecular weight is 434 g/mol. The second kappa shape index (κ2) is 8.99. The van der Waals surface area contributed by atoms with Crippen molar-refractivity contribution in [2.24, 2.45) is 5.14 Å². The van der Waals surface area contributed by atoms with Gasteiger partial charge < -0.3 is 15.0 Å². The number of sulfone groups is 1. The lowest BCUT2D eigenvalue weighted by molar-refractivity contribution is -0.147. The number of nitrogens with two attached hydrogens (primary N) is 1. The summed E-state index contributed by atoms with van der Waals surface area (Å²) in [6.07, 6.45) is 0.278. The fourth-order valence-electron chi connectivity index (χ4n) is 2.85. The van der Waals surface area contributed by atoms with Gasteiger partial charge in [0, 0.05) is 26.2 Å². The lowest BCUT2D eigenvalue weighted by Gasteiger charge is -2.27. The fraction of sp³-hybridized carbons (Fsp3) is 0.500. The monoisotopic (exact) mass is 433 g/mol. The third-order valence-corrected chi connectivity index (χ3v) is 7.03. The largest absolute Gasteiger partial charge is 0.383 e. The number of hydrogen-bond donors (Lipinski definition) is 2. The summed E-state index contributed by atoms with van der Waals surface area (Å²) in [5.41, 5.74) is 0.570. The first kappa shape index (κ1) is 22.3. The van der Waals surface area contributed by atoms with Crippen LogP contribution in [0.5, 0.6) is 0 Å². The van der Waals surface area contributed by atoms with Crippen LogP contribution in [0.4, 0.5) is 0 Å². The molecule has 0 saturated carbocycles. The van der Waals surface area contributed by atoms with Crippen LogP contribution in [0, 0.1) is 0 Å². The van der Waals surface area contributed by atoms with Crippen molar-refractivity contribution >= 4 is 31.7 Å². The molecule has 0 aromatic heterocycles. The van der Waals surface area contributed by atoms with Gasteiger partial charge in [0.25, 0.3) is 0 Å². The molecular formula is C16H23N3O7S2. The van der Waals surface area contributed by atoms with Crippen molar-refractivity contribution in [1.82, 2.24) is 10.2 Å². The summed E-state index contributed by atoms with van der Waals surface area (Å²) >= 11 is 0. The second-order valence-corrected chi connectivity index (χ2v) is 10.2. The smallest absolute Gasteiger partial charge is 0.312 e. The lowest BCUT2D eigenvalue weighted by Crippen LogP contribution is -2.49. The Hall–Kier alpha value is -2.02. The molecule has 2 amide bonds. The van der Waals surface area contributed by atoms with Gasteiger partial charge in [-0.25, -0.2) is 22.0 Å². The number of rotatable bonds is 7. The molecule has 1 aromatic carbocycles. The van der Waals surface area contributed by atoms with Gasteiger partial charge in [-0.05, 0) is 24.1 Å². The Morgan fingerprint density at radius 2 is 1.93 bits per heavy atom. The number of nitrogens with zero attached hydrogens (tertiary/aromatic N) is 1. The van der Waals surface area contributed by atoms with Gasteiger partial charge in [0.2, 0.25) is 10.0 Å². The molecule has 1 saturated heterocycles. The van der Waals surface area contributed by atoms with Gasteiger partial charge in [-0.1, -0.05) is 12.1 Å². The minimum absolute atomic E-state index is 0.00342. The maximum Gasteiger partial charge on any atom is 0.312 e. The molecule has 28 heavy (non-hydrogen) atoms. The van der Waals surface area contributed by atoms with E-state index in [9.17, 15) is 26.4 Å². The van der Waals surface area contributed by atoms with Crippen LogP contribution in [0.1, 0.15) is 12.0 Å². The number of amides is 2. The molecule has 0 bridgehead atoms. The molecule has 1 atom stereocenters. The molecule has 0 spiro atoms. The Morgan fingerprint density at radius 3 is 2.43 bits per heavy atom. The predicted molar refractivity (Wildman–Crippen MR) is 100 cm³/mol. The summed E-state index contributed by atoms with van der Waals surface area (Å²) in [5.74, 6) is -1.91. The minimum atomic E-state index is -3.81. The van der Waals surface area contributed by atoms with Gasteiger partial charge in [-0.3, -0.25) is 9.59 Å². The molecule has 10 nitrogen and oxygen atoms in total. The van der Waals surface area contributed by atoms with Crippen molar-refractivity contribution in [3.63, 3.8) is 0 Å². The third kappa shape index (κ3) is 5.99. The Labute approximate surface area is 164 Å². The number of methoxy groups -OCH3 is 1. The van der Waals surface area contributed by atoms with E-state index in [0.29, 0.717) is 5.56 Å². The van der Waals surface area contributed by atoms with Crippen LogP contribution in [0.15, 0.2) is 29.2 Å². The zero-order chi connectivity index (χ0) is 20.9. The SMILES string of the molecule is COCCN(C(=O)C(=O)NCc1ccc(S(N)(=O)=O)cc1)C1CCS(=O)(=O)C1. The molecule has 1 fully saturated rings. The molecule has 0 radical (unpaired) electrons. The number of hydrogen-bond acceptors (Lipinski definition) is 7. The van der Waals surface area contributed by atoms with E-state index in [4.69, 9.17) is 9.88 Å². The number of sulfonamides is 1. The van der Waals surface area contributed by atoms with Crippen molar-refractivity contribution in [3.05, 3.63) is 29.8 Å². The van der Waals surface area contributed by atoms with Crippen molar-refractivity contribution in [2.45, 2.75) is 23.9 Å². The fourth-order valence-corrected chi connectivity index (χ4v) is 5.09. The first-order valence-electron chi connectivity index (χ1n) is 8.43. The predicted octanol–water partition coefficient (Wildman–Crippen LogP) is -1.39. The Morgan fingerprint density at radius 1 is 1.29 bits per heavy atom. The van der Waals surface area contributed by atoms with Crippen molar-refractivity contribution in [2.75, 3.05) is 31.8 Å². The van der Waals surface area contributed by atoms with E-state index in [-0.39, 0.29) is 42.5 Å². The minimum Gasteiger partial charge on any atom is -0.383 e. The van der Waals surface area contributed by atoms with Crippen molar-refractivity contribution in [1.29, 1.82) is 0 Å². The number of carbonyl (C=O) groups is 2. The normalized spacial score (nSPS) is 18.6. The molecular weight excluding hydrogens is 410 g/mol. The van der Waals surface area contributed by atoms with Gasteiger partial charge in [0.05, 0.1) is 23.0 Å². The highest BCUT2D eigenvalue weighted by Crippen LogP contribution is 2.18. The molecule has 3 N–H and O–H groups in total. The molecule has 1 unspecified atom stereocenters. The van der Waals surface area contributed by atoms with Crippen molar-refractivity contribution in [3.8, 4) is 0 Å². The lowest BCUT2D eigenvalue weighted by atomic mass is 10.2. The molecule has 156 valence electrons. The second-order valence-electron chi connectivity index (χ2n) is 6.42. The van der Waals surface area contributed by atoms with E-state index in [1.54, 1.807) is 0 Å². The zero-order valence-corrected chi connectivity index (χ0v) is 17.0. The Kier molecular flexibility index (Phi) is 7.15. The van der Waals surface area contributed by atoms with Crippen molar-refractivity contribution < 1.29 is 31.2 Å². The molecule has 1 heterocycles. The number of ether oxygens (including phenoxy) is 1. The molecule has 2 rings (SSSR count). The van der Waals surface area contributed by atoms with E-state index in [1.165, 1.54) is 36.3 Å². The van der Waals surface area contributed by atoms with Gasteiger partial charge >= 0.3 is 11.8 Å². The molecule has 0 aliphatic carbocycles. The number of carbonyl (C=O) groups excluding carboxylic acids is 2. The highest BCUT2D eigenvalue weighted by Gasteiger charge is 2.36. The van der Waals surface area contributed by atoms with Crippen LogP contribution in [0.2, 0.25) is 0 Å². The summed E-state index contributed by atoms with van der Waals surface area (Å²) in [6, 6.07) is 4.97. The molecule has 12 heteroatoms. The van der Waals surface area contributed by atoms with E-state index >= 15 is 0 Å². The Balaban J connectivity index is 2.01. The number of primary sulfonamides is 1. The van der Waals surface area contributed by atoms with Gasteiger partial charge in [-0.15, -0.1) is 0 Å². The zero-order valence-electron chi connectivity index (χ0n) is 15.3. The number of benzene rings is 1. The van der Waals surface area contributed by atoms with E-state index in [1.807, 2.05) is 0 Å². The first-order chi connectivity index (χ1) is 13.0. The van der Waals surface area contributed by atoms with Crippen LogP contribution in [-0.4, -0.2) is 71.4 Å². The summed E-state index contributed by atoms with van der Waals surface area (Å²) in [4.78, 5) is 25.9. The molecule has 1 aliphatic rings. The summed E-state index contributed by atoms with van der Waals surface area (Å²) < 4.78 is 50.8. The quantitative estimate of drug-likeness (QED) is 0.502. The average Bonchev–Trinajstić information content (AvgIpc) is 2.99. The van der Waals surface area contributed by atoms with E-state index in [0.717, 1.165) is 0 Å². The van der Waals surface area contributed by atoms with Gasteiger partial charge in [-0.2, -0.15) is 0 Å². The standard InChI is InChI=1S/C16H23N3O7S2/c1-26-8-7-19(13-6-9-27(22,23)11-13)16(21)15(20)18-10-12-2-4-14(5-3-12)28(17,24)25/h2-5,13H,6-11H2,1H3,(H,18,20)(H2,17,24,25).